The molecule has 4 rings (SSSR count). The fraction of sp³-hybridized carbons (Fsp3) is 0.571. The third kappa shape index (κ3) is 4.12. The van der Waals surface area contributed by atoms with Crippen LogP contribution in [0.1, 0.15) is 24.1 Å². The molecule has 1 aromatic heterocycles. The van der Waals surface area contributed by atoms with Crippen LogP contribution in [0, 0.1) is 6.92 Å². The Morgan fingerprint density at radius 1 is 1.30 bits per heavy atom. The molecule has 146 valence electrons. The van der Waals surface area contributed by atoms with Gasteiger partial charge in [-0.3, -0.25) is 9.69 Å². The Morgan fingerprint density at radius 2 is 2.07 bits per heavy atom. The van der Waals surface area contributed by atoms with E-state index in [9.17, 15) is 4.79 Å². The molecule has 2 fully saturated rings. The number of hydrogen-bond donors (Lipinski definition) is 1. The summed E-state index contributed by atoms with van der Waals surface area (Å²) in [5, 5.41) is 4.30. The monoisotopic (exact) mass is 371 g/mol. The van der Waals surface area contributed by atoms with Gasteiger partial charge in [-0.25, -0.2) is 0 Å². The minimum atomic E-state index is 0.105. The average molecular weight is 371 g/mol. The fourth-order valence-corrected chi connectivity index (χ4v) is 3.92. The largest absolute Gasteiger partial charge is 0.497 e. The summed E-state index contributed by atoms with van der Waals surface area (Å²) >= 11 is 0. The van der Waals surface area contributed by atoms with Crippen molar-refractivity contribution < 1.29 is 14.3 Å². The molecule has 27 heavy (non-hydrogen) atoms. The molecule has 1 aromatic carbocycles. The van der Waals surface area contributed by atoms with Gasteiger partial charge in [-0.15, -0.1) is 0 Å². The Balaban J connectivity index is 1.60. The van der Waals surface area contributed by atoms with Crippen LogP contribution in [-0.2, 0) is 22.5 Å². The minimum Gasteiger partial charge on any atom is -0.497 e. The van der Waals surface area contributed by atoms with Gasteiger partial charge in [0.15, 0.2) is 0 Å². The van der Waals surface area contributed by atoms with Gasteiger partial charge >= 0.3 is 0 Å². The van der Waals surface area contributed by atoms with Gasteiger partial charge in [-0.2, -0.15) is 0 Å². The molecule has 1 saturated carbocycles. The van der Waals surface area contributed by atoms with Gasteiger partial charge in [0, 0.05) is 42.3 Å². The summed E-state index contributed by atoms with van der Waals surface area (Å²) in [6.45, 7) is 7.13. The van der Waals surface area contributed by atoms with Gasteiger partial charge < -0.3 is 19.4 Å². The Bertz CT molecular complexity index is 820. The number of benzene rings is 1. The third-order valence-electron chi connectivity index (χ3n) is 5.69. The van der Waals surface area contributed by atoms with E-state index in [-0.39, 0.29) is 5.91 Å². The SMILES string of the molecule is COc1ccc2c(c1)c(CCN1CCOCC1)c(C)n2CC(=O)NC1CC1. The summed E-state index contributed by atoms with van der Waals surface area (Å²) in [5.74, 6) is 0.961. The minimum absolute atomic E-state index is 0.105. The first-order chi connectivity index (χ1) is 13.2. The lowest BCUT2D eigenvalue weighted by molar-refractivity contribution is -0.121. The number of morpholine rings is 1. The smallest absolute Gasteiger partial charge is 0.240 e. The molecule has 0 atom stereocenters. The van der Waals surface area contributed by atoms with Crippen LogP contribution in [0.2, 0.25) is 0 Å². The molecule has 0 unspecified atom stereocenters. The lowest BCUT2D eigenvalue weighted by Crippen LogP contribution is -2.37. The van der Waals surface area contributed by atoms with E-state index in [1.807, 2.05) is 6.07 Å². The van der Waals surface area contributed by atoms with Gasteiger partial charge in [0.2, 0.25) is 5.91 Å². The van der Waals surface area contributed by atoms with E-state index in [2.05, 4.69) is 33.8 Å². The van der Waals surface area contributed by atoms with E-state index in [0.29, 0.717) is 12.6 Å². The molecular formula is C21H29N3O3. The lowest BCUT2D eigenvalue weighted by Gasteiger charge is -2.26. The lowest BCUT2D eigenvalue weighted by atomic mass is 10.1. The average Bonchev–Trinajstić information content (AvgIpc) is 3.46. The molecule has 2 aliphatic rings. The molecule has 2 aromatic rings. The third-order valence-corrected chi connectivity index (χ3v) is 5.69. The van der Waals surface area contributed by atoms with Crippen LogP contribution in [0.4, 0.5) is 0 Å². The van der Waals surface area contributed by atoms with Gasteiger partial charge in [0.05, 0.1) is 20.3 Å². The number of fused-ring (bicyclic) bond motifs is 1. The number of nitrogens with zero attached hydrogens (tertiary/aromatic N) is 2. The van der Waals surface area contributed by atoms with Crippen LogP contribution in [0.3, 0.4) is 0 Å². The van der Waals surface area contributed by atoms with Crippen LogP contribution in [0.15, 0.2) is 18.2 Å². The molecular weight excluding hydrogens is 342 g/mol. The second-order valence-electron chi connectivity index (χ2n) is 7.58. The highest BCUT2D eigenvalue weighted by Gasteiger charge is 2.24. The van der Waals surface area contributed by atoms with Gasteiger partial charge in [0.1, 0.15) is 12.3 Å². The Hall–Kier alpha value is -2.05. The fourth-order valence-electron chi connectivity index (χ4n) is 3.92. The van der Waals surface area contributed by atoms with E-state index < -0.39 is 0 Å². The van der Waals surface area contributed by atoms with Crippen molar-refractivity contribution >= 4 is 16.8 Å². The molecule has 1 aliphatic heterocycles. The van der Waals surface area contributed by atoms with Crippen LogP contribution in [0.5, 0.6) is 5.75 Å². The highest BCUT2D eigenvalue weighted by atomic mass is 16.5. The highest BCUT2D eigenvalue weighted by Crippen LogP contribution is 2.30. The predicted octanol–water partition coefficient (Wildman–Crippen LogP) is 2.11. The number of nitrogens with one attached hydrogen (secondary N) is 1. The Morgan fingerprint density at radius 3 is 2.78 bits per heavy atom. The van der Waals surface area contributed by atoms with E-state index in [0.717, 1.165) is 63.4 Å². The molecule has 1 N–H and O–H groups in total. The highest BCUT2D eigenvalue weighted by molar-refractivity contribution is 5.89. The van der Waals surface area contributed by atoms with Gasteiger partial charge in [-0.1, -0.05) is 0 Å². The number of rotatable bonds is 7. The first kappa shape index (κ1) is 18.3. The molecule has 0 bridgehead atoms. The number of carbonyl (C=O) groups is 1. The molecule has 1 aliphatic carbocycles. The van der Waals surface area contributed by atoms with E-state index in [1.165, 1.54) is 16.6 Å². The zero-order valence-corrected chi connectivity index (χ0v) is 16.3. The number of ether oxygens (including phenoxy) is 2. The molecule has 6 nitrogen and oxygen atoms in total. The zero-order valence-electron chi connectivity index (χ0n) is 16.3. The molecule has 2 heterocycles. The van der Waals surface area contributed by atoms with Crippen molar-refractivity contribution in [3.63, 3.8) is 0 Å². The topological polar surface area (TPSA) is 55.7 Å². The van der Waals surface area contributed by atoms with Crippen molar-refractivity contribution in [2.75, 3.05) is 40.0 Å². The van der Waals surface area contributed by atoms with Gasteiger partial charge in [0.25, 0.3) is 0 Å². The number of carbonyl (C=O) groups excluding carboxylic acids is 1. The first-order valence-electron chi connectivity index (χ1n) is 9.91. The summed E-state index contributed by atoms with van der Waals surface area (Å²) in [4.78, 5) is 14.9. The van der Waals surface area contributed by atoms with Crippen LogP contribution in [0.25, 0.3) is 10.9 Å². The second-order valence-corrected chi connectivity index (χ2v) is 7.58. The van der Waals surface area contributed by atoms with E-state index in [4.69, 9.17) is 9.47 Å². The molecule has 1 saturated heterocycles. The molecule has 6 heteroatoms. The van der Waals surface area contributed by atoms with Crippen LogP contribution < -0.4 is 10.1 Å². The predicted molar refractivity (Wildman–Crippen MR) is 105 cm³/mol. The maximum atomic E-state index is 12.4. The van der Waals surface area contributed by atoms with Crippen molar-refractivity contribution in [2.24, 2.45) is 0 Å². The molecule has 0 radical (unpaired) electrons. The van der Waals surface area contributed by atoms with E-state index in [1.54, 1.807) is 7.11 Å². The van der Waals surface area contributed by atoms with Crippen molar-refractivity contribution in [3.05, 3.63) is 29.5 Å². The summed E-state index contributed by atoms with van der Waals surface area (Å²) in [6.07, 6.45) is 3.19. The first-order valence-corrected chi connectivity index (χ1v) is 9.91. The van der Waals surface area contributed by atoms with Crippen LogP contribution in [-0.4, -0.2) is 61.4 Å². The maximum absolute atomic E-state index is 12.4. The summed E-state index contributed by atoms with van der Waals surface area (Å²) in [6, 6.07) is 6.54. The van der Waals surface area contributed by atoms with E-state index >= 15 is 0 Å². The number of aromatic nitrogens is 1. The number of hydrogen-bond acceptors (Lipinski definition) is 4. The van der Waals surface area contributed by atoms with Crippen molar-refractivity contribution in [2.45, 2.75) is 38.8 Å². The normalized spacial score (nSPS) is 18.0. The van der Waals surface area contributed by atoms with Crippen LogP contribution >= 0.6 is 0 Å². The summed E-state index contributed by atoms with van der Waals surface area (Å²) in [5.41, 5.74) is 3.60. The number of methoxy groups -OCH3 is 1. The van der Waals surface area contributed by atoms with Crippen molar-refractivity contribution in [3.8, 4) is 5.75 Å². The summed E-state index contributed by atoms with van der Waals surface area (Å²) in [7, 11) is 1.70. The quantitative estimate of drug-likeness (QED) is 0.810. The number of amides is 1. The van der Waals surface area contributed by atoms with Crippen molar-refractivity contribution in [1.29, 1.82) is 0 Å². The maximum Gasteiger partial charge on any atom is 0.240 e. The zero-order chi connectivity index (χ0) is 18.8. The Kier molecular flexibility index (Phi) is 5.36. The standard InChI is InChI=1S/C21H29N3O3/c1-15-18(7-8-23-9-11-27-12-10-23)19-13-17(26-2)5-6-20(19)24(15)14-21(25)22-16-3-4-16/h5-6,13,16H,3-4,7-12,14H2,1-2H3,(H,22,25). The van der Waals surface area contributed by atoms with Gasteiger partial charge in [-0.05, 0) is 49.9 Å². The Labute approximate surface area is 160 Å². The molecule has 0 spiro atoms. The summed E-state index contributed by atoms with van der Waals surface area (Å²) < 4.78 is 13.1. The second kappa shape index (κ2) is 7.90. The molecule has 1 amide bonds. The van der Waals surface area contributed by atoms with Crippen molar-refractivity contribution in [1.82, 2.24) is 14.8 Å².